The number of nitrogens with zero attached hydrogens (tertiary/aromatic N) is 1. The van der Waals surface area contributed by atoms with Crippen LogP contribution < -0.4 is 0 Å². The number of aromatic nitrogens is 1. The highest BCUT2D eigenvalue weighted by molar-refractivity contribution is 7.90. The van der Waals surface area contributed by atoms with E-state index in [0.717, 1.165) is 12.3 Å². The molecule has 4 rings (SSSR count). The van der Waals surface area contributed by atoms with Gasteiger partial charge in [-0.2, -0.15) is 13.2 Å². The van der Waals surface area contributed by atoms with Crippen molar-refractivity contribution in [1.82, 2.24) is 4.98 Å². The lowest BCUT2D eigenvalue weighted by atomic mass is 9.95. The SMILES string of the molecule is Cc1cc(-c2cc(-c3cccc(S(C)(=O)=O)c3)ccc2Cl)c2cccc(C(F)(F)F)c2n1. The van der Waals surface area contributed by atoms with Gasteiger partial charge >= 0.3 is 6.18 Å². The Hall–Kier alpha value is -2.90. The first-order chi connectivity index (χ1) is 14.9. The molecule has 0 fully saturated rings. The zero-order valence-electron chi connectivity index (χ0n) is 17.0. The summed E-state index contributed by atoms with van der Waals surface area (Å²) in [7, 11) is -3.40. The van der Waals surface area contributed by atoms with E-state index in [-0.39, 0.29) is 10.4 Å². The van der Waals surface area contributed by atoms with Crippen LogP contribution in [0, 0.1) is 6.92 Å². The Kier molecular flexibility index (Phi) is 5.51. The second-order valence-electron chi connectivity index (χ2n) is 7.51. The lowest BCUT2D eigenvalue weighted by Crippen LogP contribution is -2.07. The molecule has 1 aromatic heterocycles. The fourth-order valence-electron chi connectivity index (χ4n) is 3.65. The second-order valence-corrected chi connectivity index (χ2v) is 9.93. The molecule has 32 heavy (non-hydrogen) atoms. The van der Waals surface area contributed by atoms with Gasteiger partial charge in [-0.3, -0.25) is 4.98 Å². The van der Waals surface area contributed by atoms with E-state index < -0.39 is 21.6 Å². The molecule has 164 valence electrons. The average Bonchev–Trinajstić information content (AvgIpc) is 2.72. The molecule has 3 aromatic carbocycles. The summed E-state index contributed by atoms with van der Waals surface area (Å²) >= 11 is 6.47. The Balaban J connectivity index is 1.96. The molecule has 0 saturated carbocycles. The number of hydrogen-bond acceptors (Lipinski definition) is 3. The summed E-state index contributed by atoms with van der Waals surface area (Å²) < 4.78 is 64.6. The van der Waals surface area contributed by atoms with E-state index in [1.165, 1.54) is 12.1 Å². The van der Waals surface area contributed by atoms with Crippen LogP contribution in [0.4, 0.5) is 13.2 Å². The van der Waals surface area contributed by atoms with Gasteiger partial charge in [0.15, 0.2) is 9.84 Å². The molecule has 0 aliphatic heterocycles. The van der Waals surface area contributed by atoms with Crippen LogP contribution in [0.15, 0.2) is 71.6 Å². The molecule has 4 aromatic rings. The average molecular weight is 476 g/mol. The number of alkyl halides is 3. The van der Waals surface area contributed by atoms with Gasteiger partial charge in [-0.05, 0) is 60.0 Å². The molecule has 0 aliphatic rings. The normalized spacial score (nSPS) is 12.3. The number of sulfone groups is 1. The minimum atomic E-state index is -4.55. The predicted octanol–water partition coefficient (Wildman–Crippen LogP) is 6.95. The van der Waals surface area contributed by atoms with E-state index in [0.29, 0.717) is 38.4 Å². The van der Waals surface area contributed by atoms with Crippen molar-refractivity contribution in [2.45, 2.75) is 18.0 Å². The van der Waals surface area contributed by atoms with E-state index in [1.807, 2.05) is 0 Å². The van der Waals surface area contributed by atoms with Crippen LogP contribution in [0.1, 0.15) is 11.3 Å². The number of halogens is 4. The quantitative estimate of drug-likeness (QED) is 0.322. The van der Waals surface area contributed by atoms with Crippen LogP contribution >= 0.6 is 11.6 Å². The van der Waals surface area contributed by atoms with E-state index in [9.17, 15) is 21.6 Å². The van der Waals surface area contributed by atoms with Gasteiger partial charge in [-0.15, -0.1) is 0 Å². The van der Waals surface area contributed by atoms with Gasteiger partial charge in [0, 0.05) is 27.9 Å². The van der Waals surface area contributed by atoms with Crippen molar-refractivity contribution in [1.29, 1.82) is 0 Å². The highest BCUT2D eigenvalue weighted by Crippen LogP contribution is 2.40. The van der Waals surface area contributed by atoms with Crippen LogP contribution in [0.5, 0.6) is 0 Å². The van der Waals surface area contributed by atoms with E-state index in [4.69, 9.17) is 11.6 Å². The number of para-hydroxylation sites is 1. The highest BCUT2D eigenvalue weighted by Gasteiger charge is 2.33. The smallest absolute Gasteiger partial charge is 0.252 e. The number of hydrogen-bond donors (Lipinski definition) is 0. The Morgan fingerprint density at radius 2 is 1.56 bits per heavy atom. The summed E-state index contributed by atoms with van der Waals surface area (Å²) in [6, 6.07) is 17.2. The number of pyridine rings is 1. The lowest BCUT2D eigenvalue weighted by molar-refractivity contribution is -0.136. The molecule has 3 nitrogen and oxygen atoms in total. The molecule has 0 bridgehead atoms. The third kappa shape index (κ3) is 4.23. The molecular weight excluding hydrogens is 459 g/mol. The van der Waals surface area contributed by atoms with Crippen LogP contribution in [-0.4, -0.2) is 19.7 Å². The van der Waals surface area contributed by atoms with Crippen molar-refractivity contribution >= 4 is 32.3 Å². The number of aryl methyl sites for hydroxylation is 1. The van der Waals surface area contributed by atoms with Gasteiger partial charge in [-0.1, -0.05) is 41.9 Å². The topological polar surface area (TPSA) is 47.0 Å². The zero-order valence-corrected chi connectivity index (χ0v) is 18.6. The summed E-state index contributed by atoms with van der Waals surface area (Å²) in [6.45, 7) is 1.63. The van der Waals surface area contributed by atoms with Crippen LogP contribution in [0.2, 0.25) is 5.02 Å². The van der Waals surface area contributed by atoms with Gasteiger partial charge < -0.3 is 0 Å². The van der Waals surface area contributed by atoms with Gasteiger partial charge in [0.1, 0.15) is 0 Å². The maximum atomic E-state index is 13.6. The van der Waals surface area contributed by atoms with Crippen molar-refractivity contribution in [2.24, 2.45) is 0 Å². The second kappa shape index (κ2) is 7.90. The standard InChI is InChI=1S/C24H17ClF3NO2S/c1-14-11-19(18-7-4-8-21(23(18)29-14)24(26,27)28)20-13-16(9-10-22(20)25)15-5-3-6-17(12-15)32(2,30)31/h3-13H,1-2H3. The van der Waals surface area contributed by atoms with Gasteiger partial charge in [0.2, 0.25) is 0 Å². The fraction of sp³-hybridized carbons (Fsp3) is 0.125. The van der Waals surface area contributed by atoms with Gasteiger partial charge in [0.25, 0.3) is 0 Å². The fourth-order valence-corrected chi connectivity index (χ4v) is 4.53. The van der Waals surface area contributed by atoms with Crippen molar-refractivity contribution in [2.75, 3.05) is 6.26 Å². The Morgan fingerprint density at radius 3 is 2.25 bits per heavy atom. The number of rotatable bonds is 3. The van der Waals surface area contributed by atoms with Crippen molar-refractivity contribution < 1.29 is 21.6 Å². The van der Waals surface area contributed by atoms with E-state index >= 15 is 0 Å². The highest BCUT2D eigenvalue weighted by atomic mass is 35.5. The zero-order chi connectivity index (χ0) is 23.3. The van der Waals surface area contributed by atoms with Crippen LogP contribution in [0.25, 0.3) is 33.2 Å². The summed E-state index contributed by atoms with van der Waals surface area (Å²) in [4.78, 5) is 4.32. The van der Waals surface area contributed by atoms with Crippen LogP contribution in [0.3, 0.4) is 0 Å². The third-order valence-corrected chi connectivity index (χ3v) is 6.56. The molecule has 0 N–H and O–H groups in total. The first-order valence-electron chi connectivity index (χ1n) is 9.53. The molecule has 8 heteroatoms. The Labute approximate surface area is 188 Å². The van der Waals surface area contributed by atoms with Crippen molar-refractivity contribution in [3.8, 4) is 22.3 Å². The molecule has 0 atom stereocenters. The van der Waals surface area contributed by atoms with Gasteiger partial charge in [0.05, 0.1) is 16.0 Å². The summed E-state index contributed by atoms with van der Waals surface area (Å²) in [5, 5.41) is 0.687. The summed E-state index contributed by atoms with van der Waals surface area (Å²) in [6.07, 6.45) is -3.42. The third-order valence-electron chi connectivity index (χ3n) is 5.13. The van der Waals surface area contributed by atoms with E-state index in [1.54, 1.807) is 55.5 Å². The first-order valence-corrected chi connectivity index (χ1v) is 11.8. The monoisotopic (exact) mass is 475 g/mol. The molecular formula is C24H17ClF3NO2S. The molecule has 0 saturated heterocycles. The van der Waals surface area contributed by atoms with Crippen LogP contribution in [-0.2, 0) is 16.0 Å². The van der Waals surface area contributed by atoms with Gasteiger partial charge in [-0.25, -0.2) is 8.42 Å². The number of benzene rings is 3. The molecule has 0 amide bonds. The maximum Gasteiger partial charge on any atom is 0.418 e. The minimum absolute atomic E-state index is 0.143. The molecule has 0 aliphatic carbocycles. The minimum Gasteiger partial charge on any atom is -0.252 e. The first kappa shape index (κ1) is 22.3. The molecule has 0 radical (unpaired) electrons. The summed E-state index contributed by atoms with van der Waals surface area (Å²) in [5.74, 6) is 0. The maximum absolute atomic E-state index is 13.6. The summed E-state index contributed by atoms with van der Waals surface area (Å²) in [5.41, 5.74) is 1.85. The lowest BCUT2D eigenvalue weighted by Gasteiger charge is -2.15. The predicted molar refractivity (Wildman–Crippen MR) is 120 cm³/mol. The van der Waals surface area contributed by atoms with Crippen molar-refractivity contribution in [3.05, 3.63) is 83.0 Å². The number of fused-ring (bicyclic) bond motifs is 1. The largest absolute Gasteiger partial charge is 0.418 e. The van der Waals surface area contributed by atoms with Crippen molar-refractivity contribution in [3.63, 3.8) is 0 Å². The molecule has 1 heterocycles. The Bertz CT molecular complexity index is 1460. The molecule has 0 unspecified atom stereocenters. The Morgan fingerprint density at radius 1 is 0.875 bits per heavy atom. The molecule has 0 spiro atoms. The van der Waals surface area contributed by atoms with E-state index in [2.05, 4.69) is 4.98 Å².